The minimum absolute atomic E-state index is 0.0968. The number of carboxylic acid groups (broad SMARTS) is 1. The Labute approximate surface area is 145 Å². The first-order valence-electron chi connectivity index (χ1n) is 6.90. The fraction of sp³-hybridized carbons (Fsp3) is 0.462. The van der Waals surface area contributed by atoms with E-state index < -0.39 is 31.9 Å². The Kier molecular flexibility index (Phi) is 5.26. The number of halogens is 1. The van der Waals surface area contributed by atoms with Gasteiger partial charge in [0.1, 0.15) is 4.90 Å². The molecular weight excluding hydrogens is 380 g/mol. The van der Waals surface area contributed by atoms with Crippen LogP contribution in [0, 0.1) is 0 Å². The van der Waals surface area contributed by atoms with Crippen LogP contribution in [0.4, 0.5) is 0 Å². The zero-order chi connectivity index (χ0) is 18.3. The Balaban J connectivity index is 2.54. The summed E-state index contributed by atoms with van der Waals surface area (Å²) in [5, 5.41) is 10.2. The maximum atomic E-state index is 13.0. The molecule has 0 amide bonds. The van der Waals surface area contributed by atoms with Gasteiger partial charge >= 0.3 is 5.97 Å². The van der Waals surface area contributed by atoms with Gasteiger partial charge in [-0.25, -0.2) is 26.6 Å². The van der Waals surface area contributed by atoms with Crippen LogP contribution in [0.25, 0.3) is 0 Å². The highest BCUT2D eigenvalue weighted by Gasteiger charge is 2.41. The topological polar surface area (TPSA) is 112 Å². The number of hydrazine groups is 1. The summed E-state index contributed by atoms with van der Waals surface area (Å²) in [5.41, 5.74) is -0.226. The van der Waals surface area contributed by atoms with Crippen molar-refractivity contribution < 1.29 is 26.7 Å². The van der Waals surface area contributed by atoms with E-state index in [0.29, 0.717) is 0 Å². The van der Waals surface area contributed by atoms with Crippen LogP contribution in [0.15, 0.2) is 23.1 Å². The molecule has 11 heteroatoms. The van der Waals surface area contributed by atoms with Gasteiger partial charge in [0.25, 0.3) is 10.0 Å². The highest BCUT2D eigenvalue weighted by atomic mass is 35.5. The molecule has 8 nitrogen and oxygen atoms in total. The van der Waals surface area contributed by atoms with Crippen LogP contribution in [-0.4, -0.2) is 69.0 Å². The molecule has 0 aliphatic carbocycles. The number of hydrogen-bond acceptors (Lipinski definition) is 6. The van der Waals surface area contributed by atoms with E-state index in [1.54, 1.807) is 0 Å². The lowest BCUT2D eigenvalue weighted by molar-refractivity contribution is 0.0696. The molecule has 2 rings (SSSR count). The van der Waals surface area contributed by atoms with Crippen LogP contribution < -0.4 is 0 Å². The van der Waals surface area contributed by atoms with Gasteiger partial charge in [0.2, 0.25) is 0 Å². The van der Waals surface area contributed by atoms with Gasteiger partial charge in [0.05, 0.1) is 28.1 Å². The number of sulfonamides is 1. The molecule has 1 N–H and O–H groups in total. The number of carboxylic acids is 1. The predicted molar refractivity (Wildman–Crippen MR) is 88.2 cm³/mol. The second-order valence-corrected chi connectivity index (χ2v) is 10.0. The second-order valence-electron chi connectivity index (χ2n) is 5.63. The summed E-state index contributed by atoms with van der Waals surface area (Å²) in [5.74, 6) is -1.68. The van der Waals surface area contributed by atoms with E-state index in [4.69, 9.17) is 16.7 Å². The molecule has 1 aromatic rings. The molecule has 0 radical (unpaired) electrons. The average molecular weight is 397 g/mol. The molecule has 24 heavy (non-hydrogen) atoms. The number of sulfone groups is 1. The molecule has 1 aliphatic rings. The maximum absolute atomic E-state index is 13.0. The molecule has 134 valence electrons. The van der Waals surface area contributed by atoms with E-state index in [9.17, 15) is 21.6 Å². The smallest absolute Gasteiger partial charge is 0.335 e. The summed E-state index contributed by atoms with van der Waals surface area (Å²) in [4.78, 5) is 10.7. The molecular formula is C13H17ClN2O6S2. The predicted octanol–water partition coefficient (Wildman–Crippen LogP) is 0.693. The maximum Gasteiger partial charge on any atom is 0.335 e. The van der Waals surface area contributed by atoms with Crippen LogP contribution in [0.3, 0.4) is 0 Å². The highest BCUT2D eigenvalue weighted by Crippen LogP contribution is 2.30. The number of aromatic carboxylic acids is 1. The van der Waals surface area contributed by atoms with Crippen molar-refractivity contribution in [3.63, 3.8) is 0 Å². The summed E-state index contributed by atoms with van der Waals surface area (Å²) in [6, 6.07) is 2.60. The third kappa shape index (κ3) is 3.72. The van der Waals surface area contributed by atoms with E-state index in [0.717, 1.165) is 10.5 Å². The third-order valence-electron chi connectivity index (χ3n) is 3.62. The van der Waals surface area contributed by atoms with Crippen LogP contribution in [0.5, 0.6) is 0 Å². The summed E-state index contributed by atoms with van der Waals surface area (Å²) in [6.07, 6.45) is 0.163. The standard InChI is InChI=1S/C13H17ClN2O6S2/c1-15(2)16(10-5-6-23(19,20)8-10)24(21,22)12-7-9(13(17)18)3-4-11(12)14/h3-4,7,10H,5-6,8H2,1-2H3,(H,17,18)/t10-/m0/s1. The van der Waals surface area contributed by atoms with Gasteiger partial charge in [0.15, 0.2) is 9.84 Å². The molecule has 0 saturated carbocycles. The minimum Gasteiger partial charge on any atom is -0.478 e. The van der Waals surface area contributed by atoms with E-state index in [2.05, 4.69) is 0 Å². The van der Waals surface area contributed by atoms with E-state index in [1.807, 2.05) is 0 Å². The number of nitrogens with zero attached hydrogens (tertiary/aromatic N) is 2. The second kappa shape index (κ2) is 6.60. The Hall–Kier alpha value is -1.20. The number of hydrogen-bond donors (Lipinski definition) is 1. The van der Waals surface area contributed by atoms with Gasteiger partial charge in [-0.05, 0) is 24.6 Å². The first-order valence-corrected chi connectivity index (χ1v) is 10.5. The highest BCUT2D eigenvalue weighted by molar-refractivity contribution is 7.92. The van der Waals surface area contributed by atoms with Crippen molar-refractivity contribution in [1.29, 1.82) is 0 Å². The van der Waals surface area contributed by atoms with Crippen molar-refractivity contribution >= 4 is 37.4 Å². The van der Waals surface area contributed by atoms with E-state index in [1.165, 1.54) is 31.2 Å². The molecule has 0 aromatic heterocycles. The quantitative estimate of drug-likeness (QED) is 0.728. The number of rotatable bonds is 5. The molecule has 1 fully saturated rings. The zero-order valence-electron chi connectivity index (χ0n) is 13.0. The Morgan fingerprint density at radius 1 is 1.33 bits per heavy atom. The monoisotopic (exact) mass is 396 g/mol. The minimum atomic E-state index is -4.22. The molecule has 0 bridgehead atoms. The van der Waals surface area contributed by atoms with Gasteiger partial charge in [-0.2, -0.15) is 0 Å². The Bertz CT molecular complexity index is 866. The fourth-order valence-electron chi connectivity index (χ4n) is 2.62. The molecule has 0 spiro atoms. The molecule has 1 atom stereocenters. The van der Waals surface area contributed by atoms with Crippen LogP contribution >= 0.6 is 11.6 Å². The average Bonchev–Trinajstić information content (AvgIpc) is 2.77. The Morgan fingerprint density at radius 2 is 1.96 bits per heavy atom. The zero-order valence-corrected chi connectivity index (χ0v) is 15.4. The third-order valence-corrected chi connectivity index (χ3v) is 7.82. The summed E-state index contributed by atoms with van der Waals surface area (Å²) >= 11 is 5.96. The van der Waals surface area contributed by atoms with Gasteiger partial charge in [-0.15, -0.1) is 4.41 Å². The van der Waals surface area contributed by atoms with Crippen molar-refractivity contribution in [2.24, 2.45) is 0 Å². The Morgan fingerprint density at radius 3 is 2.42 bits per heavy atom. The van der Waals surface area contributed by atoms with Crippen molar-refractivity contribution in [1.82, 2.24) is 9.42 Å². The fourth-order valence-corrected chi connectivity index (χ4v) is 6.61. The first kappa shape index (κ1) is 19.1. The van der Waals surface area contributed by atoms with Crippen LogP contribution in [0.1, 0.15) is 16.8 Å². The van der Waals surface area contributed by atoms with Crippen molar-refractivity contribution in [2.45, 2.75) is 17.4 Å². The summed E-state index contributed by atoms with van der Waals surface area (Å²) in [7, 11) is -4.59. The van der Waals surface area contributed by atoms with Crippen molar-refractivity contribution in [2.75, 3.05) is 25.6 Å². The molecule has 1 aromatic carbocycles. The summed E-state index contributed by atoms with van der Waals surface area (Å²) in [6.45, 7) is 0. The molecule has 1 aliphatic heterocycles. The lowest BCUT2D eigenvalue weighted by Gasteiger charge is -2.32. The normalized spacial score (nSPS) is 20.6. The van der Waals surface area contributed by atoms with Crippen LogP contribution in [0.2, 0.25) is 5.02 Å². The van der Waals surface area contributed by atoms with E-state index in [-0.39, 0.29) is 33.4 Å². The molecule has 1 saturated heterocycles. The van der Waals surface area contributed by atoms with Gasteiger partial charge in [-0.1, -0.05) is 11.6 Å². The van der Waals surface area contributed by atoms with Gasteiger partial charge in [-0.3, -0.25) is 0 Å². The summed E-state index contributed by atoms with van der Waals surface area (Å²) < 4.78 is 50.3. The first-order chi connectivity index (χ1) is 11.0. The SMILES string of the molecule is CN(C)N([C@H]1CCS(=O)(=O)C1)S(=O)(=O)c1cc(C(=O)O)ccc1Cl. The van der Waals surface area contributed by atoms with Gasteiger partial charge in [0, 0.05) is 14.1 Å². The number of benzene rings is 1. The lowest BCUT2D eigenvalue weighted by atomic mass is 10.2. The molecule has 1 heterocycles. The largest absolute Gasteiger partial charge is 0.478 e. The van der Waals surface area contributed by atoms with Crippen molar-refractivity contribution in [3.8, 4) is 0 Å². The van der Waals surface area contributed by atoms with Gasteiger partial charge < -0.3 is 5.11 Å². The lowest BCUT2D eigenvalue weighted by Crippen LogP contribution is -2.49. The number of carbonyl (C=O) groups is 1. The van der Waals surface area contributed by atoms with Crippen molar-refractivity contribution in [3.05, 3.63) is 28.8 Å². The molecule has 0 unspecified atom stereocenters. The van der Waals surface area contributed by atoms with E-state index >= 15 is 0 Å². The van der Waals surface area contributed by atoms with Crippen LogP contribution in [-0.2, 0) is 19.9 Å².